The van der Waals surface area contributed by atoms with E-state index in [0.717, 1.165) is 31.4 Å². The molecule has 0 spiro atoms. The summed E-state index contributed by atoms with van der Waals surface area (Å²) < 4.78 is 12.1. The molecule has 4 N–H and O–H groups in total. The molecular formula is C25H41N5O4. The predicted octanol–water partition coefficient (Wildman–Crippen LogP) is 2.08. The lowest BCUT2D eigenvalue weighted by atomic mass is 9.84. The van der Waals surface area contributed by atoms with Gasteiger partial charge < -0.3 is 30.8 Å². The first kappa shape index (κ1) is 23.9. The largest absolute Gasteiger partial charge is 0.449 e. The third kappa shape index (κ3) is 5.05. The van der Waals surface area contributed by atoms with Gasteiger partial charge >= 0.3 is 6.09 Å². The first-order chi connectivity index (χ1) is 16.5. The van der Waals surface area contributed by atoms with Gasteiger partial charge in [0.25, 0.3) is 0 Å². The van der Waals surface area contributed by atoms with E-state index in [1.165, 1.54) is 32.1 Å². The van der Waals surface area contributed by atoms with Crippen molar-refractivity contribution in [1.29, 1.82) is 0 Å². The highest BCUT2D eigenvalue weighted by atomic mass is 16.6. The zero-order valence-corrected chi connectivity index (χ0v) is 20.3. The molecule has 2 aliphatic heterocycles. The normalized spacial score (nSPS) is 37.5. The fourth-order valence-electron chi connectivity index (χ4n) is 6.56. The number of hydrazone groups is 1. The summed E-state index contributed by atoms with van der Waals surface area (Å²) in [5.74, 6) is 6.55. The van der Waals surface area contributed by atoms with Gasteiger partial charge in [0, 0.05) is 62.3 Å². The molecule has 3 aliphatic carbocycles. The summed E-state index contributed by atoms with van der Waals surface area (Å²) in [4.78, 5) is 29.8. The van der Waals surface area contributed by atoms with Crippen molar-refractivity contribution in [3.63, 3.8) is 0 Å². The van der Waals surface area contributed by atoms with Crippen LogP contribution in [0.4, 0.5) is 4.79 Å². The number of nitrogens with zero attached hydrogens (tertiary/aromatic N) is 3. The van der Waals surface area contributed by atoms with Crippen LogP contribution in [-0.2, 0) is 14.3 Å². The van der Waals surface area contributed by atoms with Gasteiger partial charge in [-0.25, -0.2) is 4.79 Å². The lowest BCUT2D eigenvalue weighted by Crippen LogP contribution is -2.44. The van der Waals surface area contributed by atoms with Crippen molar-refractivity contribution in [2.24, 2.45) is 40.3 Å². The molecule has 0 radical (unpaired) electrons. The van der Waals surface area contributed by atoms with E-state index in [9.17, 15) is 9.59 Å². The van der Waals surface area contributed by atoms with Gasteiger partial charge in [0.2, 0.25) is 5.91 Å². The molecule has 5 fully saturated rings. The van der Waals surface area contributed by atoms with Crippen molar-refractivity contribution in [2.75, 3.05) is 32.8 Å². The van der Waals surface area contributed by atoms with Gasteiger partial charge in [0.15, 0.2) is 0 Å². The Morgan fingerprint density at radius 3 is 2.29 bits per heavy atom. The van der Waals surface area contributed by atoms with Crippen molar-refractivity contribution in [3.8, 4) is 0 Å². The smallest absolute Gasteiger partial charge is 0.409 e. The van der Waals surface area contributed by atoms with Crippen LogP contribution in [0.5, 0.6) is 0 Å². The van der Waals surface area contributed by atoms with Crippen LogP contribution in [0.15, 0.2) is 5.10 Å². The molecule has 9 nitrogen and oxygen atoms in total. The van der Waals surface area contributed by atoms with E-state index >= 15 is 0 Å². The lowest BCUT2D eigenvalue weighted by molar-refractivity contribution is -0.135. The molecule has 2 heterocycles. The maximum Gasteiger partial charge on any atom is 0.409 e. The molecule has 2 saturated heterocycles. The minimum Gasteiger partial charge on any atom is -0.449 e. The van der Waals surface area contributed by atoms with E-state index in [2.05, 4.69) is 5.10 Å². The van der Waals surface area contributed by atoms with Crippen molar-refractivity contribution < 1.29 is 19.1 Å². The number of carbonyl (C=O) groups excluding carboxylic acids is 2. The molecule has 34 heavy (non-hydrogen) atoms. The average molecular weight is 476 g/mol. The molecule has 5 aliphatic rings. The van der Waals surface area contributed by atoms with Gasteiger partial charge in [0.1, 0.15) is 0 Å². The van der Waals surface area contributed by atoms with Crippen molar-refractivity contribution in [3.05, 3.63) is 0 Å². The van der Waals surface area contributed by atoms with Gasteiger partial charge in [-0.1, -0.05) is 12.8 Å². The van der Waals surface area contributed by atoms with E-state index in [0.29, 0.717) is 63.1 Å². The van der Waals surface area contributed by atoms with Crippen LogP contribution >= 0.6 is 0 Å². The van der Waals surface area contributed by atoms with E-state index < -0.39 is 0 Å². The number of hydrogen-bond acceptors (Lipinski definition) is 7. The van der Waals surface area contributed by atoms with E-state index in [4.69, 9.17) is 21.1 Å². The number of nitrogens with two attached hydrogens (primary N) is 2. The number of amides is 2. The molecule has 2 amide bonds. The average Bonchev–Trinajstić information content (AvgIpc) is 3.40. The topological polar surface area (TPSA) is 123 Å². The molecule has 0 aromatic heterocycles. The molecule has 9 heteroatoms. The summed E-state index contributed by atoms with van der Waals surface area (Å²) in [6.45, 7) is 3.23. The number of hydrogen-bond donors (Lipinski definition) is 2. The molecule has 0 aromatic rings. The number of rotatable bonds is 5. The SMILES string of the molecule is N/N=C1\CC(C(=O)N2CC3CN(C(=O)OCC4CCCCC4OC4CCC4)CC3C2)CCC1N. The zero-order valence-electron chi connectivity index (χ0n) is 20.3. The molecule has 190 valence electrons. The van der Waals surface area contributed by atoms with Gasteiger partial charge in [0.05, 0.1) is 24.5 Å². The number of carbonyl (C=O) groups is 2. The van der Waals surface area contributed by atoms with Gasteiger partial charge in [-0.2, -0.15) is 5.10 Å². The van der Waals surface area contributed by atoms with Gasteiger partial charge in [-0.05, 0) is 44.9 Å². The van der Waals surface area contributed by atoms with E-state index in [1.54, 1.807) is 0 Å². The molecule has 5 rings (SSSR count). The molecule has 6 unspecified atom stereocenters. The van der Waals surface area contributed by atoms with E-state index in [-0.39, 0.29) is 30.1 Å². The minimum absolute atomic E-state index is 0.0763. The number of likely N-dealkylation sites (tertiary alicyclic amines) is 2. The molecule has 0 aromatic carbocycles. The van der Waals surface area contributed by atoms with Crippen molar-refractivity contribution >= 4 is 17.7 Å². The molecular weight excluding hydrogens is 434 g/mol. The minimum atomic E-state index is -0.203. The fourth-order valence-corrected chi connectivity index (χ4v) is 6.56. The lowest BCUT2D eigenvalue weighted by Gasteiger charge is -2.37. The van der Waals surface area contributed by atoms with Gasteiger partial charge in [-0.3, -0.25) is 4.79 Å². The van der Waals surface area contributed by atoms with Crippen LogP contribution in [0.3, 0.4) is 0 Å². The second kappa shape index (κ2) is 10.4. The Morgan fingerprint density at radius 2 is 1.62 bits per heavy atom. The molecule has 3 saturated carbocycles. The maximum absolute atomic E-state index is 13.1. The summed E-state index contributed by atoms with van der Waals surface area (Å²) in [7, 11) is 0. The number of fused-ring (bicyclic) bond motifs is 1. The Kier molecular flexibility index (Phi) is 7.30. The predicted molar refractivity (Wildman–Crippen MR) is 128 cm³/mol. The van der Waals surface area contributed by atoms with Crippen LogP contribution in [0.25, 0.3) is 0 Å². The van der Waals surface area contributed by atoms with Crippen LogP contribution in [0, 0.1) is 23.7 Å². The van der Waals surface area contributed by atoms with Crippen LogP contribution < -0.4 is 11.6 Å². The first-order valence-corrected chi connectivity index (χ1v) is 13.4. The van der Waals surface area contributed by atoms with Crippen LogP contribution in [0.2, 0.25) is 0 Å². The summed E-state index contributed by atoms with van der Waals surface area (Å²) in [5, 5.41) is 3.81. The summed E-state index contributed by atoms with van der Waals surface area (Å²) in [5.41, 5.74) is 6.79. The summed E-state index contributed by atoms with van der Waals surface area (Å²) in [6.07, 6.45) is 10.7. The second-order valence-corrected chi connectivity index (χ2v) is 11.2. The highest BCUT2D eigenvalue weighted by Gasteiger charge is 2.45. The van der Waals surface area contributed by atoms with Crippen LogP contribution in [0.1, 0.15) is 64.2 Å². The summed E-state index contributed by atoms with van der Waals surface area (Å²) >= 11 is 0. The first-order valence-electron chi connectivity index (χ1n) is 13.4. The Morgan fingerprint density at radius 1 is 0.912 bits per heavy atom. The van der Waals surface area contributed by atoms with Crippen molar-refractivity contribution in [2.45, 2.75) is 82.5 Å². The molecule has 0 bridgehead atoms. The highest BCUT2D eigenvalue weighted by Crippen LogP contribution is 2.35. The highest BCUT2D eigenvalue weighted by molar-refractivity contribution is 5.94. The zero-order chi connectivity index (χ0) is 23.7. The Balaban J connectivity index is 1.07. The molecule has 6 atom stereocenters. The van der Waals surface area contributed by atoms with E-state index in [1.807, 2.05) is 9.80 Å². The van der Waals surface area contributed by atoms with Crippen LogP contribution in [-0.4, -0.2) is 78.5 Å². The third-order valence-electron chi connectivity index (χ3n) is 8.96. The Bertz CT molecular complexity index is 773. The number of ether oxygens (including phenoxy) is 2. The monoisotopic (exact) mass is 475 g/mol. The fraction of sp³-hybridized carbons (Fsp3) is 0.880. The Labute approximate surface area is 202 Å². The van der Waals surface area contributed by atoms with Gasteiger partial charge in [-0.15, -0.1) is 0 Å². The Hall–Kier alpha value is -1.87. The summed E-state index contributed by atoms with van der Waals surface area (Å²) in [6, 6.07) is -0.125. The second-order valence-electron chi connectivity index (χ2n) is 11.2. The van der Waals surface area contributed by atoms with Crippen molar-refractivity contribution in [1.82, 2.24) is 9.80 Å². The maximum atomic E-state index is 13.1. The quantitative estimate of drug-likeness (QED) is 0.464. The third-order valence-corrected chi connectivity index (χ3v) is 8.96. The standard InChI is InChI=1S/C25H41N5O4/c26-21-9-8-16(10-22(21)28-27)24(31)29-11-18-13-30(14-19(18)12-29)25(32)33-15-17-4-1-2-7-23(17)34-20-5-3-6-20/h16-21,23H,1-15,26-27H2/b28-22+.